The molecule has 0 saturated carbocycles. The molecule has 0 bridgehead atoms. The molecule has 2 unspecified atom stereocenters. The Labute approximate surface area is 102 Å². The molecule has 0 aliphatic heterocycles. The zero-order chi connectivity index (χ0) is 13.0. The van der Waals surface area contributed by atoms with Crippen LogP contribution in [-0.2, 0) is 4.79 Å². The number of hydrogen-bond donors (Lipinski definition) is 3. The lowest BCUT2D eigenvalue weighted by molar-refractivity contribution is -0.138. The molecule has 0 saturated heterocycles. The van der Waals surface area contributed by atoms with E-state index in [4.69, 9.17) is 16.6 Å². The topological polar surface area (TPSA) is 89.3 Å². The fourth-order valence-electron chi connectivity index (χ4n) is 1.64. The second kappa shape index (κ2) is 5.80. The van der Waals surface area contributed by atoms with E-state index in [0.717, 1.165) is 5.56 Å². The van der Waals surface area contributed by atoms with Crippen LogP contribution in [0.3, 0.4) is 0 Å². The number of aliphatic carboxylic acids is 1. The molecule has 0 aliphatic carbocycles. The van der Waals surface area contributed by atoms with Crippen LogP contribution in [-0.4, -0.2) is 17.1 Å². The van der Waals surface area contributed by atoms with Gasteiger partial charge in [0.15, 0.2) is 0 Å². The normalized spacial score (nSPS) is 14.6. The highest BCUT2D eigenvalue weighted by Gasteiger charge is 2.17. The van der Waals surface area contributed by atoms with Crippen molar-refractivity contribution in [3.63, 3.8) is 0 Å². The standard InChI is InChI=1S/C13H20N2O2/c1-8(2)9-3-5-10(6-4-9)11(14)7-12(15)13(16)17/h3-6,8,11-12H,7,14-15H2,1-2H3,(H,16,17). The molecule has 1 aromatic carbocycles. The molecule has 17 heavy (non-hydrogen) atoms. The minimum Gasteiger partial charge on any atom is -0.480 e. The van der Waals surface area contributed by atoms with Gasteiger partial charge in [-0.1, -0.05) is 38.1 Å². The number of carboxylic acid groups (broad SMARTS) is 1. The zero-order valence-corrected chi connectivity index (χ0v) is 10.3. The summed E-state index contributed by atoms with van der Waals surface area (Å²) in [5.74, 6) is -0.541. The molecular weight excluding hydrogens is 216 g/mol. The first-order valence-electron chi connectivity index (χ1n) is 5.75. The van der Waals surface area contributed by atoms with Crippen LogP contribution in [0.2, 0.25) is 0 Å². The van der Waals surface area contributed by atoms with Crippen LogP contribution in [0.1, 0.15) is 43.4 Å². The molecule has 2 atom stereocenters. The summed E-state index contributed by atoms with van der Waals surface area (Å²) in [6, 6.07) is 6.68. The van der Waals surface area contributed by atoms with Gasteiger partial charge in [0.25, 0.3) is 0 Å². The maximum Gasteiger partial charge on any atom is 0.320 e. The van der Waals surface area contributed by atoms with E-state index < -0.39 is 12.0 Å². The zero-order valence-electron chi connectivity index (χ0n) is 10.3. The average molecular weight is 236 g/mol. The molecular formula is C13H20N2O2. The fraction of sp³-hybridized carbons (Fsp3) is 0.462. The summed E-state index contributed by atoms with van der Waals surface area (Å²) in [5.41, 5.74) is 13.5. The summed E-state index contributed by atoms with van der Waals surface area (Å²) < 4.78 is 0. The predicted octanol–water partition coefficient (Wildman–Crippen LogP) is 1.61. The molecule has 1 aromatic rings. The summed E-state index contributed by atoms with van der Waals surface area (Å²) in [5, 5.41) is 8.71. The van der Waals surface area contributed by atoms with Crippen molar-refractivity contribution in [1.82, 2.24) is 0 Å². The van der Waals surface area contributed by atoms with Gasteiger partial charge < -0.3 is 16.6 Å². The third-order valence-electron chi connectivity index (χ3n) is 2.86. The molecule has 0 heterocycles. The molecule has 4 heteroatoms. The second-order valence-corrected chi connectivity index (χ2v) is 4.61. The lowest BCUT2D eigenvalue weighted by Gasteiger charge is -2.15. The van der Waals surface area contributed by atoms with Crippen molar-refractivity contribution in [3.8, 4) is 0 Å². The van der Waals surface area contributed by atoms with Crippen molar-refractivity contribution >= 4 is 5.97 Å². The minimum atomic E-state index is -1.01. The Balaban J connectivity index is 2.69. The van der Waals surface area contributed by atoms with E-state index >= 15 is 0 Å². The van der Waals surface area contributed by atoms with Crippen LogP contribution in [0.15, 0.2) is 24.3 Å². The van der Waals surface area contributed by atoms with Gasteiger partial charge in [0.05, 0.1) is 0 Å². The van der Waals surface area contributed by atoms with Gasteiger partial charge in [-0.3, -0.25) is 4.79 Å². The molecule has 0 aliphatic rings. The summed E-state index contributed by atoms with van der Waals surface area (Å²) in [4.78, 5) is 10.6. The maximum absolute atomic E-state index is 10.6. The van der Waals surface area contributed by atoms with Gasteiger partial charge in [0, 0.05) is 6.04 Å². The fourth-order valence-corrected chi connectivity index (χ4v) is 1.64. The third kappa shape index (κ3) is 3.84. The highest BCUT2D eigenvalue weighted by atomic mass is 16.4. The predicted molar refractivity (Wildman–Crippen MR) is 67.7 cm³/mol. The van der Waals surface area contributed by atoms with Gasteiger partial charge in [0.2, 0.25) is 0 Å². The van der Waals surface area contributed by atoms with E-state index in [1.165, 1.54) is 5.56 Å². The number of rotatable bonds is 5. The quantitative estimate of drug-likeness (QED) is 0.724. The van der Waals surface area contributed by atoms with Crippen LogP contribution in [0.5, 0.6) is 0 Å². The Kier molecular flexibility index (Phi) is 4.66. The molecule has 4 nitrogen and oxygen atoms in total. The molecule has 5 N–H and O–H groups in total. The van der Waals surface area contributed by atoms with Crippen molar-refractivity contribution in [1.29, 1.82) is 0 Å². The second-order valence-electron chi connectivity index (χ2n) is 4.61. The van der Waals surface area contributed by atoms with Crippen LogP contribution in [0.4, 0.5) is 0 Å². The first-order valence-corrected chi connectivity index (χ1v) is 5.75. The highest BCUT2D eigenvalue weighted by molar-refractivity contribution is 5.73. The first-order chi connectivity index (χ1) is 7.91. The van der Waals surface area contributed by atoms with E-state index in [0.29, 0.717) is 5.92 Å². The molecule has 0 fully saturated rings. The van der Waals surface area contributed by atoms with Gasteiger partial charge in [0.1, 0.15) is 6.04 Å². The first kappa shape index (κ1) is 13.7. The van der Waals surface area contributed by atoms with E-state index in [9.17, 15) is 4.79 Å². The number of benzene rings is 1. The number of carbonyl (C=O) groups is 1. The number of nitrogens with two attached hydrogens (primary N) is 2. The van der Waals surface area contributed by atoms with Crippen molar-refractivity contribution in [2.24, 2.45) is 11.5 Å². The number of hydrogen-bond acceptors (Lipinski definition) is 3. The Morgan fingerprint density at radius 2 is 1.65 bits per heavy atom. The Morgan fingerprint density at radius 1 is 1.18 bits per heavy atom. The smallest absolute Gasteiger partial charge is 0.320 e. The SMILES string of the molecule is CC(C)c1ccc(C(N)CC(N)C(=O)O)cc1. The monoisotopic (exact) mass is 236 g/mol. The van der Waals surface area contributed by atoms with E-state index in [1.807, 2.05) is 24.3 Å². The van der Waals surface area contributed by atoms with E-state index in [-0.39, 0.29) is 12.5 Å². The van der Waals surface area contributed by atoms with E-state index in [2.05, 4.69) is 13.8 Å². The summed E-state index contributed by atoms with van der Waals surface area (Å²) in [6.45, 7) is 4.24. The Bertz CT molecular complexity index is 374. The highest BCUT2D eigenvalue weighted by Crippen LogP contribution is 2.19. The molecule has 1 rings (SSSR count). The largest absolute Gasteiger partial charge is 0.480 e. The van der Waals surface area contributed by atoms with Gasteiger partial charge in [-0.2, -0.15) is 0 Å². The van der Waals surface area contributed by atoms with Crippen LogP contribution in [0, 0.1) is 0 Å². The summed E-state index contributed by atoms with van der Waals surface area (Å²) in [7, 11) is 0. The Morgan fingerprint density at radius 3 is 2.06 bits per heavy atom. The lowest BCUT2D eigenvalue weighted by Crippen LogP contribution is -2.33. The Hall–Kier alpha value is -1.39. The van der Waals surface area contributed by atoms with Crippen LogP contribution in [0.25, 0.3) is 0 Å². The minimum absolute atomic E-state index is 0.246. The summed E-state index contributed by atoms with van der Waals surface area (Å²) in [6.07, 6.45) is 0.246. The molecule has 0 aromatic heterocycles. The lowest BCUT2D eigenvalue weighted by atomic mass is 9.96. The van der Waals surface area contributed by atoms with Crippen LogP contribution < -0.4 is 11.5 Å². The van der Waals surface area contributed by atoms with Gasteiger partial charge in [-0.25, -0.2) is 0 Å². The molecule has 94 valence electrons. The summed E-state index contributed by atoms with van der Waals surface area (Å²) >= 11 is 0. The van der Waals surface area contributed by atoms with Crippen molar-refractivity contribution < 1.29 is 9.90 Å². The van der Waals surface area contributed by atoms with E-state index in [1.54, 1.807) is 0 Å². The van der Waals surface area contributed by atoms with Gasteiger partial charge in [-0.05, 0) is 23.5 Å². The maximum atomic E-state index is 10.6. The van der Waals surface area contributed by atoms with Gasteiger partial charge >= 0.3 is 5.97 Å². The molecule has 0 spiro atoms. The van der Waals surface area contributed by atoms with Crippen LogP contribution >= 0.6 is 0 Å². The van der Waals surface area contributed by atoms with Crippen molar-refractivity contribution in [3.05, 3.63) is 35.4 Å². The van der Waals surface area contributed by atoms with Crippen molar-refractivity contribution in [2.75, 3.05) is 0 Å². The van der Waals surface area contributed by atoms with Gasteiger partial charge in [-0.15, -0.1) is 0 Å². The number of carboxylic acids is 1. The average Bonchev–Trinajstić information content (AvgIpc) is 2.28. The molecule has 0 radical (unpaired) electrons. The molecule has 0 amide bonds. The van der Waals surface area contributed by atoms with Crippen molar-refractivity contribution in [2.45, 2.75) is 38.3 Å². The third-order valence-corrected chi connectivity index (χ3v) is 2.86.